The number of benzene rings is 2. The molecule has 0 aliphatic carbocycles. The molecule has 0 aliphatic rings. The first-order valence-electron chi connectivity index (χ1n) is 7.74. The summed E-state index contributed by atoms with van der Waals surface area (Å²) in [4.78, 5) is 8.82. The quantitative estimate of drug-likeness (QED) is 0.709. The fraction of sp³-hybridized carbons (Fsp3) is 0.158. The van der Waals surface area contributed by atoms with Crippen molar-refractivity contribution in [3.8, 4) is 22.8 Å². The SMILES string of the molecule is COc1ccc(-c2ccnc(NCc3ccccc3Cl)n2)cc1OC. The van der Waals surface area contributed by atoms with Crippen molar-refractivity contribution in [2.75, 3.05) is 19.5 Å². The maximum Gasteiger partial charge on any atom is 0.223 e. The summed E-state index contributed by atoms with van der Waals surface area (Å²) >= 11 is 6.17. The number of rotatable bonds is 6. The number of aromatic nitrogens is 2. The predicted octanol–water partition coefficient (Wildman–Crippen LogP) is 4.43. The molecule has 2 aromatic carbocycles. The second-order valence-electron chi connectivity index (χ2n) is 5.28. The molecule has 0 aliphatic heterocycles. The van der Waals surface area contributed by atoms with Gasteiger partial charge in [0.2, 0.25) is 5.95 Å². The molecule has 128 valence electrons. The molecule has 0 radical (unpaired) electrons. The molecule has 1 aromatic heterocycles. The van der Waals surface area contributed by atoms with Crippen LogP contribution in [-0.2, 0) is 6.54 Å². The van der Waals surface area contributed by atoms with Crippen LogP contribution in [0.2, 0.25) is 5.02 Å². The van der Waals surface area contributed by atoms with Gasteiger partial charge in [-0.25, -0.2) is 9.97 Å². The van der Waals surface area contributed by atoms with E-state index in [4.69, 9.17) is 21.1 Å². The lowest BCUT2D eigenvalue weighted by Gasteiger charge is -2.10. The predicted molar refractivity (Wildman–Crippen MR) is 99.4 cm³/mol. The van der Waals surface area contributed by atoms with Gasteiger partial charge in [0.05, 0.1) is 19.9 Å². The number of ether oxygens (including phenoxy) is 2. The molecule has 5 nitrogen and oxygen atoms in total. The van der Waals surface area contributed by atoms with E-state index in [1.165, 1.54) is 0 Å². The van der Waals surface area contributed by atoms with Crippen LogP contribution in [0.1, 0.15) is 5.56 Å². The van der Waals surface area contributed by atoms with Gasteiger partial charge in [-0.3, -0.25) is 0 Å². The van der Waals surface area contributed by atoms with Gasteiger partial charge in [-0.15, -0.1) is 0 Å². The Kier molecular flexibility index (Phi) is 5.36. The van der Waals surface area contributed by atoms with Crippen molar-refractivity contribution in [3.05, 3.63) is 65.3 Å². The highest BCUT2D eigenvalue weighted by Gasteiger charge is 2.08. The summed E-state index contributed by atoms with van der Waals surface area (Å²) in [5.74, 6) is 1.87. The summed E-state index contributed by atoms with van der Waals surface area (Å²) in [5, 5.41) is 3.91. The van der Waals surface area contributed by atoms with Gasteiger partial charge in [0, 0.05) is 23.3 Å². The van der Waals surface area contributed by atoms with Crippen LogP contribution in [0.15, 0.2) is 54.7 Å². The van der Waals surface area contributed by atoms with Crippen molar-refractivity contribution < 1.29 is 9.47 Å². The van der Waals surface area contributed by atoms with Crippen LogP contribution in [0.5, 0.6) is 11.5 Å². The van der Waals surface area contributed by atoms with E-state index in [0.29, 0.717) is 29.0 Å². The van der Waals surface area contributed by atoms with Crippen LogP contribution in [0, 0.1) is 0 Å². The lowest BCUT2D eigenvalue weighted by molar-refractivity contribution is 0.355. The van der Waals surface area contributed by atoms with Gasteiger partial charge in [-0.05, 0) is 35.9 Å². The first-order chi connectivity index (χ1) is 12.2. The zero-order valence-corrected chi connectivity index (χ0v) is 14.7. The van der Waals surface area contributed by atoms with E-state index in [9.17, 15) is 0 Å². The highest BCUT2D eigenvalue weighted by molar-refractivity contribution is 6.31. The molecule has 0 amide bonds. The Morgan fingerprint density at radius 2 is 1.80 bits per heavy atom. The number of methoxy groups -OCH3 is 2. The van der Waals surface area contributed by atoms with E-state index in [1.807, 2.05) is 48.5 Å². The van der Waals surface area contributed by atoms with E-state index in [1.54, 1.807) is 20.4 Å². The van der Waals surface area contributed by atoms with Gasteiger partial charge in [-0.2, -0.15) is 0 Å². The monoisotopic (exact) mass is 355 g/mol. The molecule has 1 heterocycles. The highest BCUT2D eigenvalue weighted by atomic mass is 35.5. The molecule has 0 atom stereocenters. The Balaban J connectivity index is 1.81. The van der Waals surface area contributed by atoms with Crippen molar-refractivity contribution in [1.29, 1.82) is 0 Å². The fourth-order valence-electron chi connectivity index (χ4n) is 2.42. The third-order valence-electron chi connectivity index (χ3n) is 3.73. The van der Waals surface area contributed by atoms with Gasteiger partial charge in [0.1, 0.15) is 0 Å². The van der Waals surface area contributed by atoms with Gasteiger partial charge in [-0.1, -0.05) is 29.8 Å². The van der Waals surface area contributed by atoms with Crippen LogP contribution in [-0.4, -0.2) is 24.2 Å². The van der Waals surface area contributed by atoms with E-state index in [-0.39, 0.29) is 0 Å². The van der Waals surface area contributed by atoms with Gasteiger partial charge < -0.3 is 14.8 Å². The standard InChI is InChI=1S/C19H18ClN3O2/c1-24-17-8-7-13(11-18(17)25-2)16-9-10-21-19(23-16)22-12-14-5-3-4-6-15(14)20/h3-11H,12H2,1-2H3,(H,21,22,23). The molecule has 0 bridgehead atoms. The average molecular weight is 356 g/mol. The Morgan fingerprint density at radius 3 is 2.56 bits per heavy atom. The molecular formula is C19H18ClN3O2. The fourth-order valence-corrected chi connectivity index (χ4v) is 2.62. The van der Waals surface area contributed by atoms with Crippen molar-refractivity contribution in [1.82, 2.24) is 9.97 Å². The second-order valence-corrected chi connectivity index (χ2v) is 5.69. The van der Waals surface area contributed by atoms with Gasteiger partial charge in [0.15, 0.2) is 11.5 Å². The molecule has 0 saturated heterocycles. The summed E-state index contributed by atoms with van der Waals surface area (Å²) < 4.78 is 10.6. The largest absolute Gasteiger partial charge is 0.493 e. The molecule has 25 heavy (non-hydrogen) atoms. The van der Waals surface area contributed by atoms with Crippen molar-refractivity contribution in [3.63, 3.8) is 0 Å². The summed E-state index contributed by atoms with van der Waals surface area (Å²) in [5.41, 5.74) is 2.70. The summed E-state index contributed by atoms with van der Waals surface area (Å²) in [6.45, 7) is 0.551. The molecule has 3 aromatic rings. The number of nitrogens with one attached hydrogen (secondary N) is 1. The first kappa shape index (κ1) is 17.0. The second kappa shape index (κ2) is 7.85. The Labute approximate surface area is 151 Å². The molecular weight excluding hydrogens is 338 g/mol. The Morgan fingerprint density at radius 1 is 1.00 bits per heavy atom. The smallest absolute Gasteiger partial charge is 0.223 e. The summed E-state index contributed by atoms with van der Waals surface area (Å²) in [7, 11) is 3.22. The minimum absolute atomic E-state index is 0.534. The molecule has 3 rings (SSSR count). The number of anilines is 1. The zero-order chi connectivity index (χ0) is 17.6. The molecule has 6 heteroatoms. The topological polar surface area (TPSA) is 56.3 Å². The third-order valence-corrected chi connectivity index (χ3v) is 4.10. The van der Waals surface area contributed by atoms with Gasteiger partial charge in [0.25, 0.3) is 0 Å². The van der Waals surface area contributed by atoms with Gasteiger partial charge >= 0.3 is 0 Å². The first-order valence-corrected chi connectivity index (χ1v) is 8.12. The minimum atomic E-state index is 0.534. The molecule has 1 N–H and O–H groups in total. The molecule has 0 fully saturated rings. The van der Waals surface area contributed by atoms with Crippen LogP contribution in [0.25, 0.3) is 11.3 Å². The zero-order valence-electron chi connectivity index (χ0n) is 14.0. The van der Waals surface area contributed by atoms with E-state index < -0.39 is 0 Å². The average Bonchev–Trinajstić information content (AvgIpc) is 2.67. The summed E-state index contributed by atoms with van der Waals surface area (Å²) in [6.07, 6.45) is 1.72. The van der Waals surface area contributed by atoms with Crippen LogP contribution >= 0.6 is 11.6 Å². The van der Waals surface area contributed by atoms with E-state index >= 15 is 0 Å². The number of halogens is 1. The molecule has 0 unspecified atom stereocenters. The molecule has 0 spiro atoms. The van der Waals surface area contributed by atoms with Crippen molar-refractivity contribution >= 4 is 17.5 Å². The maximum absolute atomic E-state index is 6.17. The Bertz CT molecular complexity index is 871. The van der Waals surface area contributed by atoms with E-state index in [0.717, 1.165) is 16.8 Å². The number of hydrogen-bond acceptors (Lipinski definition) is 5. The Hall–Kier alpha value is -2.79. The third kappa shape index (κ3) is 4.00. The van der Waals surface area contributed by atoms with Crippen LogP contribution in [0.3, 0.4) is 0 Å². The van der Waals surface area contributed by atoms with Crippen molar-refractivity contribution in [2.24, 2.45) is 0 Å². The number of hydrogen-bond donors (Lipinski definition) is 1. The lowest BCUT2D eigenvalue weighted by atomic mass is 10.1. The van der Waals surface area contributed by atoms with Crippen molar-refractivity contribution in [2.45, 2.75) is 6.54 Å². The highest BCUT2D eigenvalue weighted by Crippen LogP contribution is 2.31. The van der Waals surface area contributed by atoms with Crippen LogP contribution in [0.4, 0.5) is 5.95 Å². The normalized spacial score (nSPS) is 10.4. The number of nitrogens with zero attached hydrogens (tertiary/aromatic N) is 2. The van der Waals surface area contributed by atoms with E-state index in [2.05, 4.69) is 15.3 Å². The maximum atomic E-state index is 6.17. The summed E-state index contributed by atoms with van der Waals surface area (Å²) in [6, 6.07) is 15.2. The van der Waals surface area contributed by atoms with Crippen LogP contribution < -0.4 is 14.8 Å². The lowest BCUT2D eigenvalue weighted by Crippen LogP contribution is -2.04. The minimum Gasteiger partial charge on any atom is -0.493 e. The molecule has 0 saturated carbocycles.